The van der Waals surface area contributed by atoms with Crippen molar-refractivity contribution in [3.8, 4) is 5.69 Å². The molecule has 0 unspecified atom stereocenters. The minimum Gasteiger partial charge on any atom is -0.352 e. The number of nitrogens with one attached hydrogen (secondary N) is 1. The SMILES string of the molecule is O=C(NCCCSc1ccc(F)cc1)c1ccc(-n2ccnc2)cc1. The molecule has 0 aliphatic carbocycles. The Balaban J connectivity index is 1.41. The summed E-state index contributed by atoms with van der Waals surface area (Å²) in [5.41, 5.74) is 1.60. The van der Waals surface area contributed by atoms with E-state index in [1.54, 1.807) is 48.6 Å². The number of benzene rings is 2. The molecule has 0 aliphatic heterocycles. The van der Waals surface area contributed by atoms with Gasteiger partial charge in [0.25, 0.3) is 5.91 Å². The van der Waals surface area contributed by atoms with E-state index in [0.29, 0.717) is 12.1 Å². The van der Waals surface area contributed by atoms with E-state index >= 15 is 0 Å². The van der Waals surface area contributed by atoms with Gasteiger partial charge in [0.15, 0.2) is 0 Å². The Morgan fingerprint density at radius 3 is 2.56 bits per heavy atom. The molecule has 0 aliphatic rings. The van der Waals surface area contributed by atoms with Gasteiger partial charge in [-0.3, -0.25) is 4.79 Å². The Labute approximate surface area is 150 Å². The van der Waals surface area contributed by atoms with Crippen molar-refractivity contribution in [2.24, 2.45) is 0 Å². The second-order valence-corrected chi connectivity index (χ2v) is 6.60. The first-order valence-electron chi connectivity index (χ1n) is 7.97. The number of aromatic nitrogens is 2. The maximum absolute atomic E-state index is 12.8. The molecule has 1 aromatic heterocycles. The van der Waals surface area contributed by atoms with Crippen LogP contribution in [0.15, 0.2) is 72.1 Å². The number of halogens is 1. The first-order chi connectivity index (χ1) is 12.2. The summed E-state index contributed by atoms with van der Waals surface area (Å²) < 4.78 is 14.7. The van der Waals surface area contributed by atoms with Crippen LogP contribution < -0.4 is 5.32 Å². The van der Waals surface area contributed by atoms with E-state index in [-0.39, 0.29) is 11.7 Å². The van der Waals surface area contributed by atoms with Gasteiger partial charge in [-0.1, -0.05) is 0 Å². The first kappa shape index (κ1) is 17.2. The Morgan fingerprint density at radius 1 is 1.12 bits per heavy atom. The molecular weight excluding hydrogens is 337 g/mol. The normalized spacial score (nSPS) is 10.6. The van der Waals surface area contributed by atoms with Gasteiger partial charge in [0, 0.05) is 35.1 Å². The van der Waals surface area contributed by atoms with Crippen LogP contribution in [-0.4, -0.2) is 27.8 Å². The topological polar surface area (TPSA) is 46.9 Å². The summed E-state index contributed by atoms with van der Waals surface area (Å²) in [5, 5.41) is 2.92. The quantitative estimate of drug-likeness (QED) is 0.516. The number of hydrogen-bond donors (Lipinski definition) is 1. The molecule has 0 saturated carbocycles. The Bertz CT molecular complexity index is 802. The number of carbonyl (C=O) groups is 1. The average Bonchev–Trinajstić information content (AvgIpc) is 3.18. The zero-order valence-electron chi connectivity index (χ0n) is 13.6. The van der Waals surface area contributed by atoms with E-state index in [9.17, 15) is 9.18 Å². The van der Waals surface area contributed by atoms with Crippen LogP contribution in [0.5, 0.6) is 0 Å². The summed E-state index contributed by atoms with van der Waals surface area (Å²) >= 11 is 1.65. The molecule has 0 fully saturated rings. The van der Waals surface area contributed by atoms with Gasteiger partial charge in [-0.15, -0.1) is 11.8 Å². The zero-order valence-corrected chi connectivity index (χ0v) is 14.4. The predicted molar refractivity (Wildman–Crippen MR) is 97.6 cm³/mol. The van der Waals surface area contributed by atoms with Gasteiger partial charge >= 0.3 is 0 Å². The maximum Gasteiger partial charge on any atom is 0.251 e. The van der Waals surface area contributed by atoms with Crippen molar-refractivity contribution in [2.75, 3.05) is 12.3 Å². The molecule has 0 radical (unpaired) electrons. The molecule has 128 valence electrons. The highest BCUT2D eigenvalue weighted by Gasteiger charge is 2.05. The van der Waals surface area contributed by atoms with Crippen molar-refractivity contribution in [3.63, 3.8) is 0 Å². The molecule has 2 aromatic carbocycles. The lowest BCUT2D eigenvalue weighted by Gasteiger charge is -2.07. The zero-order chi connectivity index (χ0) is 17.5. The van der Waals surface area contributed by atoms with E-state index in [0.717, 1.165) is 22.8 Å². The molecule has 0 atom stereocenters. The molecule has 1 N–H and O–H groups in total. The van der Waals surface area contributed by atoms with Gasteiger partial charge in [0.05, 0.1) is 6.33 Å². The van der Waals surface area contributed by atoms with E-state index in [1.807, 2.05) is 22.9 Å². The maximum atomic E-state index is 12.8. The smallest absolute Gasteiger partial charge is 0.251 e. The van der Waals surface area contributed by atoms with Gasteiger partial charge in [-0.25, -0.2) is 9.37 Å². The summed E-state index contributed by atoms with van der Waals surface area (Å²) in [6.45, 7) is 0.607. The third-order valence-electron chi connectivity index (χ3n) is 3.62. The summed E-state index contributed by atoms with van der Waals surface area (Å²) in [6, 6.07) is 13.8. The summed E-state index contributed by atoms with van der Waals surface area (Å²) in [7, 11) is 0. The van der Waals surface area contributed by atoms with Crippen LogP contribution >= 0.6 is 11.8 Å². The summed E-state index contributed by atoms with van der Waals surface area (Å²) in [5.74, 6) is 0.561. The van der Waals surface area contributed by atoms with E-state index < -0.39 is 0 Å². The van der Waals surface area contributed by atoms with E-state index in [4.69, 9.17) is 0 Å². The lowest BCUT2D eigenvalue weighted by atomic mass is 10.2. The average molecular weight is 355 g/mol. The van der Waals surface area contributed by atoms with E-state index in [1.165, 1.54) is 12.1 Å². The third-order valence-corrected chi connectivity index (χ3v) is 4.72. The second-order valence-electron chi connectivity index (χ2n) is 5.43. The van der Waals surface area contributed by atoms with Gasteiger partial charge in [-0.2, -0.15) is 0 Å². The fourth-order valence-electron chi connectivity index (χ4n) is 2.29. The van der Waals surface area contributed by atoms with E-state index in [2.05, 4.69) is 10.3 Å². The highest BCUT2D eigenvalue weighted by Crippen LogP contribution is 2.18. The fourth-order valence-corrected chi connectivity index (χ4v) is 3.15. The largest absolute Gasteiger partial charge is 0.352 e. The molecule has 3 aromatic rings. The number of thioether (sulfide) groups is 1. The molecule has 4 nitrogen and oxygen atoms in total. The Hall–Kier alpha value is -2.60. The molecule has 6 heteroatoms. The Kier molecular flexibility index (Phi) is 5.85. The lowest BCUT2D eigenvalue weighted by Crippen LogP contribution is -2.24. The molecule has 3 rings (SSSR count). The second kappa shape index (κ2) is 8.48. The molecule has 0 spiro atoms. The number of nitrogens with zero attached hydrogens (tertiary/aromatic N) is 2. The highest BCUT2D eigenvalue weighted by atomic mass is 32.2. The lowest BCUT2D eigenvalue weighted by molar-refractivity contribution is 0.0954. The van der Waals surface area contributed by atoms with Crippen molar-refractivity contribution in [1.82, 2.24) is 14.9 Å². The van der Waals surface area contributed by atoms with Gasteiger partial charge < -0.3 is 9.88 Å². The molecule has 25 heavy (non-hydrogen) atoms. The van der Waals surface area contributed by atoms with Crippen LogP contribution in [0.4, 0.5) is 4.39 Å². The number of imidazole rings is 1. The first-order valence-corrected chi connectivity index (χ1v) is 8.96. The van der Waals surface area contributed by atoms with Crippen LogP contribution in [0.3, 0.4) is 0 Å². The standard InChI is InChI=1S/C19H18FN3OS/c20-16-4-8-18(9-5-16)25-13-1-10-22-19(24)15-2-6-17(7-3-15)23-12-11-21-14-23/h2-9,11-12,14H,1,10,13H2,(H,22,24). The van der Waals surface area contributed by atoms with Crippen LogP contribution in [0.25, 0.3) is 5.69 Å². The van der Waals surface area contributed by atoms with Crippen molar-refractivity contribution >= 4 is 17.7 Å². The summed E-state index contributed by atoms with van der Waals surface area (Å²) in [4.78, 5) is 17.2. The van der Waals surface area contributed by atoms with Crippen molar-refractivity contribution in [2.45, 2.75) is 11.3 Å². The number of carbonyl (C=O) groups excluding carboxylic acids is 1. The summed E-state index contributed by atoms with van der Waals surface area (Å²) in [6.07, 6.45) is 6.13. The van der Waals surface area contributed by atoms with Gasteiger partial charge in [0.1, 0.15) is 5.82 Å². The molecule has 0 saturated heterocycles. The number of rotatable bonds is 7. The van der Waals surface area contributed by atoms with Crippen molar-refractivity contribution in [1.29, 1.82) is 0 Å². The van der Waals surface area contributed by atoms with Gasteiger partial charge in [0.2, 0.25) is 0 Å². The minimum atomic E-state index is -0.226. The number of hydrogen-bond acceptors (Lipinski definition) is 3. The van der Waals surface area contributed by atoms with Crippen LogP contribution in [0.2, 0.25) is 0 Å². The highest BCUT2D eigenvalue weighted by molar-refractivity contribution is 7.99. The Morgan fingerprint density at radius 2 is 1.88 bits per heavy atom. The minimum absolute atomic E-state index is 0.0797. The molecule has 0 bridgehead atoms. The van der Waals surface area contributed by atoms with Crippen LogP contribution in [-0.2, 0) is 0 Å². The van der Waals surface area contributed by atoms with Crippen molar-refractivity contribution < 1.29 is 9.18 Å². The van der Waals surface area contributed by atoms with Crippen LogP contribution in [0, 0.1) is 5.82 Å². The fraction of sp³-hybridized carbons (Fsp3) is 0.158. The predicted octanol–water partition coefficient (Wildman–Crippen LogP) is 3.92. The number of amides is 1. The third kappa shape index (κ3) is 4.93. The van der Waals surface area contributed by atoms with Crippen LogP contribution in [0.1, 0.15) is 16.8 Å². The molecule has 1 amide bonds. The molecule has 1 heterocycles. The van der Waals surface area contributed by atoms with Crippen molar-refractivity contribution in [3.05, 3.63) is 78.6 Å². The van der Waals surface area contributed by atoms with Gasteiger partial charge in [-0.05, 0) is 60.7 Å². The molecular formula is C19H18FN3OS. The monoisotopic (exact) mass is 355 g/mol.